The number of nitrogens with one attached hydrogen (secondary N) is 2. The van der Waals surface area contributed by atoms with Crippen LogP contribution in [-0.4, -0.2) is 25.0 Å². The van der Waals surface area contributed by atoms with Crippen LogP contribution in [0.2, 0.25) is 0 Å². The van der Waals surface area contributed by atoms with E-state index < -0.39 is 0 Å². The topological polar surface area (TPSA) is 67.4 Å². The highest BCUT2D eigenvalue weighted by Crippen LogP contribution is 2.08. The Hall–Kier alpha value is -2.18. The second-order valence-corrected chi connectivity index (χ2v) is 6.36. The van der Waals surface area contributed by atoms with Crippen LogP contribution in [0, 0.1) is 0 Å². The molecule has 5 nitrogen and oxygen atoms in total. The fourth-order valence-corrected chi connectivity index (χ4v) is 2.87. The molecule has 0 aliphatic heterocycles. The van der Waals surface area contributed by atoms with Crippen LogP contribution in [0.3, 0.4) is 0 Å². The van der Waals surface area contributed by atoms with E-state index in [0.29, 0.717) is 13.0 Å². The zero-order chi connectivity index (χ0) is 17.0. The molecule has 6 heteroatoms. The zero-order valence-corrected chi connectivity index (χ0v) is 14.3. The fourth-order valence-electron chi connectivity index (χ4n) is 2.16. The molecule has 2 aromatic rings. The van der Waals surface area contributed by atoms with E-state index in [4.69, 9.17) is 4.84 Å². The molecule has 0 bridgehead atoms. The van der Waals surface area contributed by atoms with E-state index in [1.807, 2.05) is 47.8 Å². The Morgan fingerprint density at radius 2 is 1.83 bits per heavy atom. The molecule has 0 spiro atoms. The van der Waals surface area contributed by atoms with Crippen molar-refractivity contribution < 1.29 is 14.4 Å². The monoisotopic (exact) mass is 346 g/mol. The maximum absolute atomic E-state index is 11.6. The summed E-state index contributed by atoms with van der Waals surface area (Å²) < 4.78 is 0. The lowest BCUT2D eigenvalue weighted by molar-refractivity contribution is -0.139. The third kappa shape index (κ3) is 7.39. The molecule has 0 aliphatic carbocycles. The van der Waals surface area contributed by atoms with E-state index in [2.05, 4.69) is 10.8 Å². The number of hydroxylamine groups is 1. The molecule has 2 amide bonds. The summed E-state index contributed by atoms with van der Waals surface area (Å²) in [4.78, 5) is 29.3. The van der Waals surface area contributed by atoms with Crippen molar-refractivity contribution in [2.75, 3.05) is 13.2 Å². The molecule has 0 atom stereocenters. The molecule has 1 heterocycles. The predicted octanol–water partition coefficient (Wildman–Crippen LogP) is 2.48. The van der Waals surface area contributed by atoms with E-state index in [9.17, 15) is 9.59 Å². The minimum Gasteiger partial charge on any atom is -0.354 e. The minimum atomic E-state index is -0.240. The third-order valence-corrected chi connectivity index (χ3v) is 4.31. The summed E-state index contributed by atoms with van der Waals surface area (Å²) in [6, 6.07) is 14.0. The molecule has 128 valence electrons. The molecule has 2 N–H and O–H groups in total. The van der Waals surface area contributed by atoms with E-state index in [1.54, 1.807) is 11.3 Å². The Morgan fingerprint density at radius 1 is 1.00 bits per heavy atom. The van der Waals surface area contributed by atoms with Gasteiger partial charge >= 0.3 is 0 Å². The number of aryl methyl sites for hydroxylation is 1. The van der Waals surface area contributed by atoms with Gasteiger partial charge in [-0.15, -0.1) is 11.3 Å². The largest absolute Gasteiger partial charge is 0.354 e. The summed E-state index contributed by atoms with van der Waals surface area (Å²) in [6.45, 7) is 0.391. The highest BCUT2D eigenvalue weighted by molar-refractivity contribution is 7.09. The van der Waals surface area contributed by atoms with Crippen LogP contribution in [0.4, 0.5) is 0 Å². The number of rotatable bonds is 10. The van der Waals surface area contributed by atoms with Crippen molar-refractivity contribution in [3.63, 3.8) is 0 Å². The van der Waals surface area contributed by atoms with Gasteiger partial charge < -0.3 is 5.32 Å². The number of carbonyl (C=O) groups is 2. The number of hydrogen-bond donors (Lipinski definition) is 2. The molecule has 0 aliphatic rings. The van der Waals surface area contributed by atoms with Crippen LogP contribution in [0.1, 0.15) is 23.3 Å². The van der Waals surface area contributed by atoms with Gasteiger partial charge in [-0.25, -0.2) is 5.48 Å². The summed E-state index contributed by atoms with van der Waals surface area (Å²) in [5.74, 6) is -0.451. The van der Waals surface area contributed by atoms with Crippen LogP contribution < -0.4 is 10.8 Å². The van der Waals surface area contributed by atoms with Crippen molar-refractivity contribution in [3.8, 4) is 0 Å². The standard InChI is InChI=1S/C18H22N2O3S/c21-17(10-4-8-15-6-2-1-3-7-15)20-23-14-18(22)19-12-11-16-9-5-13-24-16/h1-3,5-7,9,13H,4,8,10-12,14H2,(H,19,22)(H,20,21). The van der Waals surface area contributed by atoms with Crippen LogP contribution in [-0.2, 0) is 27.3 Å². The molecule has 1 aromatic carbocycles. The van der Waals surface area contributed by atoms with Gasteiger partial charge in [0.2, 0.25) is 11.8 Å². The second kappa shape index (κ2) is 10.6. The van der Waals surface area contributed by atoms with E-state index in [0.717, 1.165) is 19.3 Å². The van der Waals surface area contributed by atoms with E-state index >= 15 is 0 Å². The molecule has 0 fully saturated rings. The van der Waals surface area contributed by atoms with Crippen molar-refractivity contribution in [1.82, 2.24) is 10.8 Å². The maximum Gasteiger partial charge on any atom is 0.248 e. The summed E-state index contributed by atoms with van der Waals surface area (Å²) in [6.07, 6.45) is 2.76. The number of carbonyl (C=O) groups excluding carboxylic acids is 2. The summed E-state index contributed by atoms with van der Waals surface area (Å²) in [5.41, 5.74) is 3.51. The average Bonchev–Trinajstić information content (AvgIpc) is 3.09. The number of thiophene rings is 1. The quantitative estimate of drug-likeness (QED) is 0.650. The van der Waals surface area contributed by atoms with Crippen LogP contribution >= 0.6 is 11.3 Å². The Labute approximate surface area is 146 Å². The Kier molecular flexibility index (Phi) is 8.00. The first-order valence-corrected chi connectivity index (χ1v) is 8.85. The Balaban J connectivity index is 1.48. The van der Waals surface area contributed by atoms with Gasteiger partial charge in [0.25, 0.3) is 0 Å². The summed E-state index contributed by atoms with van der Waals surface area (Å²) in [7, 11) is 0. The number of benzene rings is 1. The van der Waals surface area contributed by atoms with Crippen molar-refractivity contribution in [3.05, 3.63) is 58.3 Å². The van der Waals surface area contributed by atoms with Crippen LogP contribution in [0.5, 0.6) is 0 Å². The molecular weight excluding hydrogens is 324 g/mol. The zero-order valence-electron chi connectivity index (χ0n) is 13.5. The molecule has 0 unspecified atom stereocenters. The fraction of sp³-hybridized carbons (Fsp3) is 0.333. The van der Waals surface area contributed by atoms with Crippen LogP contribution in [0.15, 0.2) is 47.8 Å². The van der Waals surface area contributed by atoms with Gasteiger partial charge in [0, 0.05) is 17.8 Å². The van der Waals surface area contributed by atoms with Gasteiger partial charge in [0.15, 0.2) is 6.61 Å². The van der Waals surface area contributed by atoms with Gasteiger partial charge in [-0.1, -0.05) is 36.4 Å². The van der Waals surface area contributed by atoms with Gasteiger partial charge in [-0.2, -0.15) is 0 Å². The normalized spacial score (nSPS) is 10.3. The number of amides is 2. The van der Waals surface area contributed by atoms with Crippen molar-refractivity contribution in [1.29, 1.82) is 0 Å². The molecular formula is C18H22N2O3S. The molecule has 0 radical (unpaired) electrons. The predicted molar refractivity (Wildman–Crippen MR) is 94.5 cm³/mol. The van der Waals surface area contributed by atoms with Gasteiger partial charge in [0.1, 0.15) is 0 Å². The molecule has 0 saturated carbocycles. The highest BCUT2D eigenvalue weighted by Gasteiger charge is 2.05. The minimum absolute atomic E-state index is 0.172. The Morgan fingerprint density at radius 3 is 2.58 bits per heavy atom. The summed E-state index contributed by atoms with van der Waals surface area (Å²) in [5, 5.41) is 4.76. The molecule has 2 rings (SSSR count). The smallest absolute Gasteiger partial charge is 0.248 e. The first kappa shape index (κ1) is 18.2. The van der Waals surface area contributed by atoms with Gasteiger partial charge in [-0.3, -0.25) is 14.4 Å². The third-order valence-electron chi connectivity index (χ3n) is 3.38. The van der Waals surface area contributed by atoms with E-state index in [1.165, 1.54) is 10.4 Å². The lowest BCUT2D eigenvalue weighted by Crippen LogP contribution is -2.33. The Bertz CT molecular complexity index is 614. The summed E-state index contributed by atoms with van der Waals surface area (Å²) >= 11 is 1.66. The lowest BCUT2D eigenvalue weighted by atomic mass is 10.1. The molecule has 24 heavy (non-hydrogen) atoms. The lowest BCUT2D eigenvalue weighted by Gasteiger charge is -2.07. The SMILES string of the molecule is O=C(CONC(=O)CCCc1ccccc1)NCCc1cccs1. The van der Waals surface area contributed by atoms with Crippen molar-refractivity contribution in [2.24, 2.45) is 0 Å². The van der Waals surface area contributed by atoms with Gasteiger partial charge in [0.05, 0.1) is 0 Å². The second-order valence-electron chi connectivity index (χ2n) is 5.33. The number of hydrogen-bond acceptors (Lipinski definition) is 4. The van der Waals surface area contributed by atoms with E-state index in [-0.39, 0.29) is 18.4 Å². The average molecular weight is 346 g/mol. The molecule has 1 aromatic heterocycles. The van der Waals surface area contributed by atoms with Crippen LogP contribution in [0.25, 0.3) is 0 Å². The van der Waals surface area contributed by atoms with Crippen molar-refractivity contribution in [2.45, 2.75) is 25.7 Å². The highest BCUT2D eigenvalue weighted by atomic mass is 32.1. The maximum atomic E-state index is 11.6. The first-order chi connectivity index (χ1) is 11.7. The van der Waals surface area contributed by atoms with Gasteiger partial charge in [-0.05, 0) is 36.3 Å². The van der Waals surface area contributed by atoms with Crippen molar-refractivity contribution >= 4 is 23.2 Å². The first-order valence-electron chi connectivity index (χ1n) is 7.97. The molecule has 0 saturated heterocycles.